The maximum atomic E-state index is 13.0. The van der Waals surface area contributed by atoms with Crippen molar-refractivity contribution in [1.82, 2.24) is 0 Å². The number of fused-ring (bicyclic) bond motifs is 1. The molecule has 2 aromatic carbocycles. The zero-order valence-electron chi connectivity index (χ0n) is 14.4. The second kappa shape index (κ2) is 6.29. The molecule has 0 aromatic heterocycles. The number of nitrogens with one attached hydrogen (secondary N) is 1. The van der Waals surface area contributed by atoms with E-state index in [1.54, 1.807) is 0 Å². The van der Waals surface area contributed by atoms with Crippen LogP contribution in [0.3, 0.4) is 0 Å². The van der Waals surface area contributed by atoms with Gasteiger partial charge in [-0.15, -0.1) is 0 Å². The molecule has 1 aliphatic heterocycles. The zero-order valence-corrected chi connectivity index (χ0v) is 14.4. The first kappa shape index (κ1) is 16.5. The number of hydrogen-bond acceptors (Lipinski definition) is 3. The fourth-order valence-corrected chi connectivity index (χ4v) is 3.64. The Bertz CT molecular complexity index is 731. The highest BCUT2D eigenvalue weighted by Gasteiger charge is 2.46. The van der Waals surface area contributed by atoms with Crippen LogP contribution < -0.4 is 10.2 Å². The number of anilines is 2. The molecule has 3 atom stereocenters. The van der Waals surface area contributed by atoms with Crippen LogP contribution in [0.25, 0.3) is 0 Å². The summed E-state index contributed by atoms with van der Waals surface area (Å²) in [5.41, 5.74) is 1.97. The Labute approximate surface area is 143 Å². The quantitative estimate of drug-likeness (QED) is 0.887. The minimum Gasteiger partial charge on any atom is -0.372 e. The molecule has 3 rings (SSSR count). The number of benzene rings is 2. The summed E-state index contributed by atoms with van der Waals surface area (Å²) in [5, 5.41) is 13.9. The molecule has 0 spiro atoms. The predicted octanol–water partition coefficient (Wildman–Crippen LogP) is 3.59. The molecule has 2 aromatic rings. The van der Waals surface area contributed by atoms with E-state index in [9.17, 15) is 9.90 Å². The molecule has 3 unspecified atom stereocenters. The van der Waals surface area contributed by atoms with Crippen molar-refractivity contribution < 1.29 is 9.90 Å². The summed E-state index contributed by atoms with van der Waals surface area (Å²) in [4.78, 5) is 14.8. The van der Waals surface area contributed by atoms with Gasteiger partial charge in [0.2, 0.25) is 5.91 Å². The first-order valence-electron chi connectivity index (χ1n) is 8.30. The van der Waals surface area contributed by atoms with Gasteiger partial charge in [-0.3, -0.25) is 4.79 Å². The Kier molecular flexibility index (Phi) is 4.33. The molecule has 0 fully saturated rings. The van der Waals surface area contributed by atoms with Gasteiger partial charge in [-0.2, -0.15) is 0 Å². The van der Waals surface area contributed by atoms with Crippen molar-refractivity contribution >= 4 is 17.3 Å². The van der Waals surface area contributed by atoms with E-state index in [0.29, 0.717) is 6.42 Å². The molecule has 1 heterocycles. The lowest BCUT2D eigenvalue weighted by atomic mass is 9.78. The number of para-hydroxylation sites is 2. The van der Waals surface area contributed by atoms with Crippen LogP contribution >= 0.6 is 0 Å². The zero-order chi connectivity index (χ0) is 17.3. The number of carbonyl (C=O) groups excluding carboxylic acids is 1. The van der Waals surface area contributed by atoms with Crippen LogP contribution in [0.4, 0.5) is 11.4 Å². The van der Waals surface area contributed by atoms with Gasteiger partial charge >= 0.3 is 0 Å². The molecule has 1 amide bonds. The van der Waals surface area contributed by atoms with Crippen LogP contribution in [0.5, 0.6) is 0 Å². The van der Waals surface area contributed by atoms with Gasteiger partial charge in [0.15, 0.2) is 0 Å². The van der Waals surface area contributed by atoms with E-state index in [1.165, 1.54) is 0 Å². The summed E-state index contributed by atoms with van der Waals surface area (Å²) in [6.45, 7) is 3.95. The third kappa shape index (κ3) is 2.78. The van der Waals surface area contributed by atoms with Gasteiger partial charge in [-0.25, -0.2) is 0 Å². The molecule has 0 radical (unpaired) electrons. The van der Waals surface area contributed by atoms with Crippen molar-refractivity contribution in [2.75, 3.05) is 17.3 Å². The van der Waals surface area contributed by atoms with Gasteiger partial charge in [-0.05, 0) is 43.0 Å². The molecule has 0 saturated carbocycles. The normalized spacial score (nSPS) is 26.4. The van der Waals surface area contributed by atoms with Gasteiger partial charge < -0.3 is 15.3 Å². The first-order chi connectivity index (χ1) is 11.4. The van der Waals surface area contributed by atoms with Gasteiger partial charge in [0, 0.05) is 18.4 Å². The number of carbonyl (C=O) groups is 1. The maximum Gasteiger partial charge on any atom is 0.234 e. The van der Waals surface area contributed by atoms with Crippen LogP contribution in [0.2, 0.25) is 0 Å². The number of nitrogens with zero attached hydrogens (tertiary/aromatic N) is 1. The van der Waals surface area contributed by atoms with E-state index in [1.807, 2.05) is 67.4 Å². The van der Waals surface area contributed by atoms with Crippen molar-refractivity contribution in [3.63, 3.8) is 0 Å². The van der Waals surface area contributed by atoms with E-state index in [-0.39, 0.29) is 11.8 Å². The third-order valence-electron chi connectivity index (χ3n) is 5.06. The van der Waals surface area contributed by atoms with E-state index >= 15 is 0 Å². The number of amides is 1. The van der Waals surface area contributed by atoms with E-state index in [0.717, 1.165) is 16.9 Å². The predicted molar refractivity (Wildman–Crippen MR) is 97.1 cm³/mol. The van der Waals surface area contributed by atoms with Crippen LogP contribution in [-0.2, 0) is 4.79 Å². The SMILES string of the molecule is CC1CC(C)(C(=O)Nc2ccccc2)C(O)N(C)c2ccccc21. The maximum absolute atomic E-state index is 13.0. The van der Waals surface area contributed by atoms with E-state index < -0.39 is 11.6 Å². The second-order valence-corrected chi connectivity index (χ2v) is 6.89. The Morgan fingerprint density at radius 1 is 1.17 bits per heavy atom. The van der Waals surface area contributed by atoms with Gasteiger partial charge in [0.25, 0.3) is 0 Å². The number of aliphatic hydroxyl groups is 1. The van der Waals surface area contributed by atoms with Crippen molar-refractivity contribution in [2.45, 2.75) is 32.4 Å². The summed E-state index contributed by atoms with van der Waals surface area (Å²) in [6.07, 6.45) is -0.318. The van der Waals surface area contributed by atoms with Crippen molar-refractivity contribution in [1.29, 1.82) is 0 Å². The molecule has 4 nitrogen and oxygen atoms in total. The lowest BCUT2D eigenvalue weighted by molar-refractivity contribution is -0.131. The fourth-order valence-electron chi connectivity index (χ4n) is 3.64. The van der Waals surface area contributed by atoms with E-state index in [4.69, 9.17) is 0 Å². The Hall–Kier alpha value is -2.33. The largest absolute Gasteiger partial charge is 0.372 e. The first-order valence-corrected chi connectivity index (χ1v) is 8.30. The van der Waals surface area contributed by atoms with Gasteiger partial charge in [-0.1, -0.05) is 43.3 Å². The molecule has 2 N–H and O–H groups in total. The summed E-state index contributed by atoms with van der Waals surface area (Å²) < 4.78 is 0. The second-order valence-electron chi connectivity index (χ2n) is 6.89. The number of aliphatic hydroxyl groups excluding tert-OH is 1. The highest BCUT2D eigenvalue weighted by atomic mass is 16.3. The highest BCUT2D eigenvalue weighted by molar-refractivity contribution is 5.96. The average Bonchev–Trinajstić information content (AvgIpc) is 2.67. The molecule has 1 aliphatic rings. The summed E-state index contributed by atoms with van der Waals surface area (Å²) in [5.74, 6) is 0.0139. The topological polar surface area (TPSA) is 52.6 Å². The summed E-state index contributed by atoms with van der Waals surface area (Å²) in [6, 6.07) is 17.4. The Morgan fingerprint density at radius 3 is 2.50 bits per heavy atom. The minimum absolute atomic E-state index is 0.160. The minimum atomic E-state index is -0.914. The smallest absolute Gasteiger partial charge is 0.234 e. The van der Waals surface area contributed by atoms with Crippen molar-refractivity contribution in [3.8, 4) is 0 Å². The lowest BCUT2D eigenvalue weighted by Gasteiger charge is -2.37. The van der Waals surface area contributed by atoms with Crippen molar-refractivity contribution in [2.24, 2.45) is 5.41 Å². The lowest BCUT2D eigenvalue weighted by Crippen LogP contribution is -2.50. The summed E-state index contributed by atoms with van der Waals surface area (Å²) >= 11 is 0. The molecular formula is C20H24N2O2. The monoisotopic (exact) mass is 324 g/mol. The Balaban J connectivity index is 1.94. The molecule has 4 heteroatoms. The van der Waals surface area contributed by atoms with Crippen LogP contribution in [0, 0.1) is 5.41 Å². The molecular weight excluding hydrogens is 300 g/mol. The van der Waals surface area contributed by atoms with E-state index in [2.05, 4.69) is 18.3 Å². The average molecular weight is 324 g/mol. The van der Waals surface area contributed by atoms with Crippen molar-refractivity contribution in [3.05, 3.63) is 60.2 Å². The van der Waals surface area contributed by atoms with Crippen LogP contribution in [-0.4, -0.2) is 24.3 Å². The fraction of sp³-hybridized carbons (Fsp3) is 0.350. The van der Waals surface area contributed by atoms with Crippen LogP contribution in [0.15, 0.2) is 54.6 Å². The van der Waals surface area contributed by atoms with Gasteiger partial charge in [0.1, 0.15) is 6.23 Å². The van der Waals surface area contributed by atoms with Crippen LogP contribution in [0.1, 0.15) is 31.7 Å². The molecule has 0 saturated heterocycles. The number of rotatable bonds is 2. The molecule has 0 bridgehead atoms. The standard InChI is InChI=1S/C20H24N2O2/c1-14-13-20(2,18(23)21-15-9-5-4-6-10-15)19(24)22(3)17-12-8-7-11-16(14)17/h4-12,14,19,24H,13H2,1-3H3,(H,21,23). The third-order valence-corrected chi connectivity index (χ3v) is 5.06. The number of hydrogen-bond donors (Lipinski definition) is 2. The molecule has 126 valence electrons. The molecule has 24 heavy (non-hydrogen) atoms. The van der Waals surface area contributed by atoms with Gasteiger partial charge in [0.05, 0.1) is 5.41 Å². The summed E-state index contributed by atoms with van der Waals surface area (Å²) in [7, 11) is 1.84. The molecule has 0 aliphatic carbocycles. The highest BCUT2D eigenvalue weighted by Crippen LogP contribution is 2.44. The Morgan fingerprint density at radius 2 is 1.79 bits per heavy atom.